The van der Waals surface area contributed by atoms with Gasteiger partial charge in [-0.1, -0.05) is 36.2 Å². The molecular formula is C13H16ClNO. The molecule has 1 aromatic rings. The molecule has 0 aliphatic heterocycles. The summed E-state index contributed by atoms with van der Waals surface area (Å²) in [5.41, 5.74) is 1.12. The summed E-state index contributed by atoms with van der Waals surface area (Å²) in [6.45, 7) is 0. The van der Waals surface area contributed by atoms with Gasteiger partial charge in [0.25, 0.3) is 0 Å². The van der Waals surface area contributed by atoms with E-state index in [0.29, 0.717) is 0 Å². The summed E-state index contributed by atoms with van der Waals surface area (Å²) in [5, 5.41) is 3.52. The standard InChI is InChI=1S/C13H16ClNO/c1-15-13(16)11-7-4-6-9(11)10-5-2-3-8-12(10)14/h2-3,5,8-9,11H,4,6-7H2,1H3,(H,15,16). The molecule has 1 N–H and O–H groups in total. The Bertz CT molecular complexity index is 391. The number of hydrogen-bond donors (Lipinski definition) is 1. The highest BCUT2D eigenvalue weighted by molar-refractivity contribution is 6.31. The first kappa shape index (κ1) is 11.5. The van der Waals surface area contributed by atoms with Crippen LogP contribution in [0.1, 0.15) is 30.7 Å². The van der Waals surface area contributed by atoms with Gasteiger partial charge in [0.05, 0.1) is 0 Å². The maximum atomic E-state index is 11.8. The van der Waals surface area contributed by atoms with Gasteiger partial charge in [-0.25, -0.2) is 0 Å². The molecule has 16 heavy (non-hydrogen) atoms. The Morgan fingerprint density at radius 1 is 1.38 bits per heavy atom. The van der Waals surface area contributed by atoms with Crippen molar-refractivity contribution in [2.45, 2.75) is 25.2 Å². The summed E-state index contributed by atoms with van der Waals surface area (Å²) < 4.78 is 0. The van der Waals surface area contributed by atoms with Crippen LogP contribution < -0.4 is 5.32 Å². The predicted molar refractivity (Wildman–Crippen MR) is 65.6 cm³/mol. The molecule has 86 valence electrons. The van der Waals surface area contributed by atoms with E-state index in [2.05, 4.69) is 5.32 Å². The monoisotopic (exact) mass is 237 g/mol. The molecule has 0 saturated heterocycles. The van der Waals surface area contributed by atoms with Crippen molar-refractivity contribution in [1.29, 1.82) is 0 Å². The van der Waals surface area contributed by atoms with Crippen LogP contribution in [0.25, 0.3) is 0 Å². The van der Waals surface area contributed by atoms with Crippen LogP contribution in [0.4, 0.5) is 0 Å². The summed E-state index contributed by atoms with van der Waals surface area (Å²) in [6.07, 6.45) is 3.13. The van der Waals surface area contributed by atoms with E-state index in [0.717, 1.165) is 29.8 Å². The van der Waals surface area contributed by atoms with Crippen molar-refractivity contribution >= 4 is 17.5 Å². The van der Waals surface area contributed by atoms with E-state index in [1.54, 1.807) is 7.05 Å². The highest BCUT2D eigenvalue weighted by Gasteiger charge is 2.34. The van der Waals surface area contributed by atoms with Crippen molar-refractivity contribution in [1.82, 2.24) is 5.32 Å². The third-order valence-electron chi connectivity index (χ3n) is 3.40. The molecule has 0 bridgehead atoms. The van der Waals surface area contributed by atoms with E-state index in [9.17, 15) is 4.79 Å². The van der Waals surface area contributed by atoms with Crippen LogP contribution >= 0.6 is 11.6 Å². The number of nitrogens with one attached hydrogen (secondary N) is 1. The number of benzene rings is 1. The number of carbonyl (C=O) groups is 1. The number of halogens is 1. The van der Waals surface area contributed by atoms with Gasteiger partial charge in [-0.2, -0.15) is 0 Å². The second-order valence-corrected chi connectivity index (χ2v) is 4.69. The Morgan fingerprint density at radius 2 is 2.12 bits per heavy atom. The zero-order valence-corrected chi connectivity index (χ0v) is 10.1. The van der Waals surface area contributed by atoms with Crippen molar-refractivity contribution in [3.05, 3.63) is 34.9 Å². The summed E-state index contributed by atoms with van der Waals surface area (Å²) in [6, 6.07) is 7.85. The van der Waals surface area contributed by atoms with Gasteiger partial charge in [0.1, 0.15) is 0 Å². The first-order valence-corrected chi connectivity index (χ1v) is 6.08. The lowest BCUT2D eigenvalue weighted by molar-refractivity contribution is -0.124. The number of hydrogen-bond acceptors (Lipinski definition) is 1. The van der Waals surface area contributed by atoms with Crippen LogP contribution in [0.3, 0.4) is 0 Å². The van der Waals surface area contributed by atoms with Crippen LogP contribution in [0.15, 0.2) is 24.3 Å². The normalized spacial score (nSPS) is 24.4. The SMILES string of the molecule is CNC(=O)C1CCCC1c1ccccc1Cl. The smallest absolute Gasteiger partial charge is 0.223 e. The third-order valence-corrected chi connectivity index (χ3v) is 3.75. The molecule has 0 heterocycles. The topological polar surface area (TPSA) is 29.1 Å². The van der Waals surface area contributed by atoms with Crippen molar-refractivity contribution in [3.63, 3.8) is 0 Å². The molecule has 1 aliphatic rings. The van der Waals surface area contributed by atoms with Gasteiger partial charge >= 0.3 is 0 Å². The number of carbonyl (C=O) groups excluding carboxylic acids is 1. The van der Waals surface area contributed by atoms with Crippen LogP contribution in [0.2, 0.25) is 5.02 Å². The molecule has 1 aromatic carbocycles. The van der Waals surface area contributed by atoms with E-state index in [1.165, 1.54) is 0 Å². The molecule has 0 spiro atoms. The van der Waals surface area contributed by atoms with Gasteiger partial charge in [0.2, 0.25) is 5.91 Å². The molecule has 3 heteroatoms. The predicted octanol–water partition coefficient (Wildman–Crippen LogP) is 2.97. The fourth-order valence-electron chi connectivity index (χ4n) is 2.61. The lowest BCUT2D eigenvalue weighted by Gasteiger charge is -2.19. The zero-order chi connectivity index (χ0) is 11.5. The first-order valence-electron chi connectivity index (χ1n) is 5.70. The highest BCUT2D eigenvalue weighted by atomic mass is 35.5. The molecule has 2 atom stereocenters. The Labute approximate surface area is 101 Å². The Kier molecular flexibility index (Phi) is 3.49. The molecule has 1 aliphatic carbocycles. The molecule has 1 fully saturated rings. The lowest BCUT2D eigenvalue weighted by Crippen LogP contribution is -2.29. The molecule has 0 aromatic heterocycles. The van der Waals surface area contributed by atoms with E-state index >= 15 is 0 Å². The summed E-state index contributed by atoms with van der Waals surface area (Å²) in [7, 11) is 1.70. The quantitative estimate of drug-likeness (QED) is 0.842. The second-order valence-electron chi connectivity index (χ2n) is 4.28. The van der Waals surface area contributed by atoms with Crippen LogP contribution in [-0.2, 0) is 4.79 Å². The van der Waals surface area contributed by atoms with Crippen molar-refractivity contribution in [2.75, 3.05) is 7.05 Å². The third kappa shape index (κ3) is 2.07. The van der Waals surface area contributed by atoms with Crippen LogP contribution in [0, 0.1) is 5.92 Å². The second kappa shape index (κ2) is 4.88. The molecule has 1 amide bonds. The maximum Gasteiger partial charge on any atom is 0.223 e. The number of amides is 1. The zero-order valence-electron chi connectivity index (χ0n) is 9.37. The van der Waals surface area contributed by atoms with Gasteiger partial charge in [-0.05, 0) is 30.4 Å². The minimum Gasteiger partial charge on any atom is -0.359 e. The van der Waals surface area contributed by atoms with Crippen LogP contribution in [-0.4, -0.2) is 13.0 Å². The lowest BCUT2D eigenvalue weighted by atomic mass is 9.88. The minimum absolute atomic E-state index is 0.0879. The molecule has 2 rings (SSSR count). The number of rotatable bonds is 2. The summed E-state index contributed by atoms with van der Waals surface area (Å²) in [5.74, 6) is 0.515. The van der Waals surface area contributed by atoms with E-state index in [1.807, 2.05) is 24.3 Å². The van der Waals surface area contributed by atoms with E-state index in [-0.39, 0.29) is 17.7 Å². The van der Waals surface area contributed by atoms with Crippen molar-refractivity contribution in [2.24, 2.45) is 5.92 Å². The van der Waals surface area contributed by atoms with Gasteiger partial charge in [0.15, 0.2) is 0 Å². The van der Waals surface area contributed by atoms with Crippen LogP contribution in [0.5, 0.6) is 0 Å². The Hall–Kier alpha value is -1.02. The fraction of sp³-hybridized carbons (Fsp3) is 0.462. The van der Waals surface area contributed by atoms with E-state index < -0.39 is 0 Å². The van der Waals surface area contributed by atoms with Gasteiger partial charge < -0.3 is 5.32 Å². The summed E-state index contributed by atoms with van der Waals surface area (Å²) >= 11 is 6.19. The maximum absolute atomic E-state index is 11.8. The average Bonchev–Trinajstić information content (AvgIpc) is 2.77. The van der Waals surface area contributed by atoms with Gasteiger partial charge in [0, 0.05) is 18.0 Å². The van der Waals surface area contributed by atoms with E-state index in [4.69, 9.17) is 11.6 Å². The minimum atomic E-state index is 0.0879. The molecule has 2 nitrogen and oxygen atoms in total. The largest absolute Gasteiger partial charge is 0.359 e. The van der Waals surface area contributed by atoms with Gasteiger partial charge in [-0.15, -0.1) is 0 Å². The van der Waals surface area contributed by atoms with Crippen molar-refractivity contribution in [3.8, 4) is 0 Å². The summed E-state index contributed by atoms with van der Waals surface area (Å²) in [4.78, 5) is 11.8. The fourth-order valence-corrected chi connectivity index (χ4v) is 2.88. The Morgan fingerprint density at radius 3 is 2.81 bits per heavy atom. The molecular weight excluding hydrogens is 222 g/mol. The highest BCUT2D eigenvalue weighted by Crippen LogP contribution is 2.42. The van der Waals surface area contributed by atoms with Crippen molar-refractivity contribution < 1.29 is 4.79 Å². The molecule has 0 radical (unpaired) electrons. The Balaban J connectivity index is 2.27. The average molecular weight is 238 g/mol. The first-order chi connectivity index (χ1) is 7.74. The van der Waals surface area contributed by atoms with Gasteiger partial charge in [-0.3, -0.25) is 4.79 Å². The molecule has 1 saturated carbocycles. The molecule has 2 unspecified atom stereocenters.